The molecular weight excluding hydrogens is 403 g/mol. The highest BCUT2D eigenvalue weighted by Gasteiger charge is 2.14. The van der Waals surface area contributed by atoms with Gasteiger partial charge in [0, 0.05) is 48.3 Å². The molecule has 0 spiro atoms. The molecule has 1 aliphatic carbocycles. The van der Waals surface area contributed by atoms with E-state index in [4.69, 9.17) is 0 Å². The smallest absolute Gasteiger partial charge is 0.223 e. The number of rotatable bonds is 5. The summed E-state index contributed by atoms with van der Waals surface area (Å²) < 4.78 is 14.7. The van der Waals surface area contributed by atoms with E-state index in [1.54, 1.807) is 24.7 Å². The monoisotopic (exact) mass is 424 g/mol. The summed E-state index contributed by atoms with van der Waals surface area (Å²) in [6, 6.07) is 11.0. The lowest BCUT2D eigenvalue weighted by Gasteiger charge is -2.15. The molecule has 0 saturated carbocycles. The predicted octanol–water partition coefficient (Wildman–Crippen LogP) is 4.88. The van der Waals surface area contributed by atoms with Crippen LogP contribution in [0.1, 0.15) is 34.6 Å². The molecule has 1 N–H and O–H groups in total. The summed E-state index contributed by atoms with van der Waals surface area (Å²) in [6.07, 6.45) is 10.8. The molecule has 0 bridgehead atoms. The zero-order valence-corrected chi connectivity index (χ0v) is 17.6. The number of hydrogen-bond donors (Lipinski definition) is 1. The molecule has 7 heteroatoms. The summed E-state index contributed by atoms with van der Waals surface area (Å²) in [6.45, 7) is 2.24. The second-order valence-electron chi connectivity index (χ2n) is 7.69. The number of nitrogens with one attached hydrogen (secondary N) is 1. The molecule has 158 valence electrons. The second-order valence-corrected chi connectivity index (χ2v) is 7.69. The van der Waals surface area contributed by atoms with Gasteiger partial charge in [0.1, 0.15) is 11.5 Å². The molecule has 0 saturated heterocycles. The highest BCUT2D eigenvalue weighted by atomic mass is 19.1. The minimum absolute atomic E-state index is 0.316. The molecule has 0 amide bonds. The van der Waals surface area contributed by atoms with Gasteiger partial charge in [0.2, 0.25) is 5.95 Å². The van der Waals surface area contributed by atoms with Crippen molar-refractivity contribution in [1.82, 2.24) is 24.9 Å². The molecule has 4 aromatic rings. The van der Waals surface area contributed by atoms with Gasteiger partial charge in [-0.1, -0.05) is 6.07 Å². The first-order valence-corrected chi connectivity index (χ1v) is 10.4. The topological polar surface area (TPSA) is 76.5 Å². The minimum Gasteiger partial charge on any atom is -0.350 e. The number of anilines is 1. The maximum absolute atomic E-state index is 14.7. The number of aromatic nitrogens is 5. The van der Waals surface area contributed by atoms with Gasteiger partial charge in [0.15, 0.2) is 0 Å². The van der Waals surface area contributed by atoms with E-state index in [9.17, 15) is 4.39 Å². The van der Waals surface area contributed by atoms with Crippen molar-refractivity contribution in [3.63, 3.8) is 0 Å². The first-order chi connectivity index (χ1) is 15.7. The standard InChI is InChI=1S/C25H21FN6/c1-16-11-20(6-9-27-16)24-21(26)12-17(14-30-24)15-31-25-29-10-7-23(32-25)19-4-5-22-18(13-19)3-2-8-28-22/h2-3,6-14H,4-5,15H2,1H3,(H,29,31,32). The number of allylic oxidation sites excluding steroid dienone is 1. The maximum Gasteiger partial charge on any atom is 0.223 e. The molecule has 5 rings (SSSR count). The Morgan fingerprint density at radius 3 is 2.75 bits per heavy atom. The minimum atomic E-state index is -0.371. The molecule has 1 aliphatic rings. The molecule has 0 atom stereocenters. The van der Waals surface area contributed by atoms with Gasteiger partial charge in [0.25, 0.3) is 0 Å². The Kier molecular flexibility index (Phi) is 5.37. The second kappa shape index (κ2) is 8.63. The molecule has 0 aromatic carbocycles. The van der Waals surface area contributed by atoms with Crippen molar-refractivity contribution >= 4 is 17.6 Å². The van der Waals surface area contributed by atoms with Gasteiger partial charge in [-0.25, -0.2) is 14.4 Å². The van der Waals surface area contributed by atoms with Crippen LogP contribution in [-0.2, 0) is 13.0 Å². The van der Waals surface area contributed by atoms with Gasteiger partial charge >= 0.3 is 0 Å². The quantitative estimate of drug-likeness (QED) is 0.492. The normalized spacial score (nSPS) is 12.8. The lowest BCUT2D eigenvalue weighted by molar-refractivity contribution is 0.623. The van der Waals surface area contributed by atoms with Gasteiger partial charge in [0.05, 0.1) is 5.69 Å². The van der Waals surface area contributed by atoms with Gasteiger partial charge in [-0.15, -0.1) is 0 Å². The summed E-state index contributed by atoms with van der Waals surface area (Å²) in [7, 11) is 0. The molecule has 0 aliphatic heterocycles. The van der Waals surface area contributed by atoms with Crippen molar-refractivity contribution in [2.45, 2.75) is 26.3 Å². The number of nitrogens with zero attached hydrogens (tertiary/aromatic N) is 5. The fraction of sp³-hybridized carbons (Fsp3) is 0.160. The van der Waals surface area contributed by atoms with Gasteiger partial charge in [-0.05, 0) is 72.9 Å². The number of fused-ring (bicyclic) bond motifs is 1. The average molecular weight is 424 g/mol. The number of halogens is 1. The lowest BCUT2D eigenvalue weighted by atomic mass is 9.94. The van der Waals surface area contributed by atoms with Gasteiger partial charge < -0.3 is 5.32 Å². The van der Waals surface area contributed by atoms with Crippen LogP contribution >= 0.6 is 0 Å². The Labute approximate surface area is 185 Å². The first kappa shape index (κ1) is 19.9. The highest BCUT2D eigenvalue weighted by Crippen LogP contribution is 2.28. The first-order valence-electron chi connectivity index (χ1n) is 10.4. The van der Waals surface area contributed by atoms with Gasteiger partial charge in [-0.2, -0.15) is 0 Å². The molecule has 4 heterocycles. The third kappa shape index (κ3) is 4.23. The van der Waals surface area contributed by atoms with Crippen LogP contribution in [0.5, 0.6) is 0 Å². The van der Waals surface area contributed by atoms with E-state index in [0.29, 0.717) is 29.3 Å². The largest absolute Gasteiger partial charge is 0.350 e. The van der Waals surface area contributed by atoms with E-state index in [1.165, 1.54) is 6.07 Å². The zero-order chi connectivity index (χ0) is 21.9. The Hall–Kier alpha value is -4.00. The van der Waals surface area contributed by atoms with Crippen molar-refractivity contribution in [2.24, 2.45) is 0 Å². The SMILES string of the molecule is Cc1cc(-c2ncc(CNc3nccc(C4=Cc5cccnc5CC4)n3)cc2F)ccn1. The van der Waals surface area contributed by atoms with Crippen LogP contribution in [0, 0.1) is 12.7 Å². The summed E-state index contributed by atoms with van der Waals surface area (Å²) in [4.78, 5) is 21.9. The zero-order valence-electron chi connectivity index (χ0n) is 17.6. The molecule has 4 aromatic heterocycles. The molecular formula is C25H21FN6. The van der Waals surface area contributed by atoms with Crippen molar-refractivity contribution in [3.05, 3.63) is 95.2 Å². The lowest BCUT2D eigenvalue weighted by Crippen LogP contribution is -2.07. The Bertz CT molecular complexity index is 1320. The van der Waals surface area contributed by atoms with E-state index in [2.05, 4.69) is 42.4 Å². The predicted molar refractivity (Wildman–Crippen MR) is 122 cm³/mol. The fourth-order valence-electron chi connectivity index (χ4n) is 3.79. The van der Waals surface area contributed by atoms with Crippen molar-refractivity contribution in [3.8, 4) is 11.3 Å². The van der Waals surface area contributed by atoms with Crippen LogP contribution in [0.4, 0.5) is 10.3 Å². The number of aryl methyl sites for hydroxylation is 2. The molecule has 0 unspecified atom stereocenters. The number of hydrogen-bond acceptors (Lipinski definition) is 6. The van der Waals surface area contributed by atoms with Crippen LogP contribution in [0.15, 0.2) is 61.2 Å². The van der Waals surface area contributed by atoms with E-state index in [-0.39, 0.29) is 5.82 Å². The number of pyridine rings is 3. The molecule has 32 heavy (non-hydrogen) atoms. The maximum atomic E-state index is 14.7. The summed E-state index contributed by atoms with van der Waals surface area (Å²) >= 11 is 0. The van der Waals surface area contributed by atoms with Crippen LogP contribution in [-0.4, -0.2) is 24.9 Å². The Balaban J connectivity index is 1.31. The fourth-order valence-corrected chi connectivity index (χ4v) is 3.79. The van der Waals surface area contributed by atoms with E-state index in [0.717, 1.165) is 41.1 Å². The highest BCUT2D eigenvalue weighted by molar-refractivity contribution is 5.82. The summed E-state index contributed by atoms with van der Waals surface area (Å²) in [5.41, 5.74) is 6.84. The summed E-state index contributed by atoms with van der Waals surface area (Å²) in [5, 5.41) is 3.18. The van der Waals surface area contributed by atoms with Gasteiger partial charge in [-0.3, -0.25) is 15.0 Å². The van der Waals surface area contributed by atoms with Crippen LogP contribution in [0.25, 0.3) is 22.9 Å². The molecule has 0 radical (unpaired) electrons. The van der Waals surface area contributed by atoms with Crippen LogP contribution in [0.2, 0.25) is 0 Å². The van der Waals surface area contributed by atoms with Crippen molar-refractivity contribution < 1.29 is 4.39 Å². The molecule has 6 nitrogen and oxygen atoms in total. The van der Waals surface area contributed by atoms with Crippen molar-refractivity contribution in [1.29, 1.82) is 0 Å². The Morgan fingerprint density at radius 2 is 1.88 bits per heavy atom. The third-order valence-electron chi connectivity index (χ3n) is 5.39. The molecule has 0 fully saturated rings. The van der Waals surface area contributed by atoms with Crippen molar-refractivity contribution in [2.75, 3.05) is 5.32 Å². The summed E-state index contributed by atoms with van der Waals surface area (Å²) in [5.74, 6) is 0.124. The average Bonchev–Trinajstić information content (AvgIpc) is 2.83. The van der Waals surface area contributed by atoms with Crippen LogP contribution in [0.3, 0.4) is 0 Å². The van der Waals surface area contributed by atoms with E-state index < -0.39 is 0 Å². The Morgan fingerprint density at radius 1 is 0.969 bits per heavy atom. The van der Waals surface area contributed by atoms with E-state index >= 15 is 0 Å². The van der Waals surface area contributed by atoms with E-state index in [1.807, 2.05) is 31.3 Å². The van der Waals surface area contributed by atoms with Crippen LogP contribution < -0.4 is 5.32 Å². The third-order valence-corrected chi connectivity index (χ3v) is 5.39.